The zero-order valence-corrected chi connectivity index (χ0v) is 8.62. The maximum absolute atomic E-state index is 5.17. The third-order valence-corrected chi connectivity index (χ3v) is 2.75. The van der Waals surface area contributed by atoms with Crippen LogP contribution >= 0.6 is 0 Å². The third kappa shape index (κ3) is 2.14. The van der Waals surface area contributed by atoms with Crippen LogP contribution in [-0.4, -0.2) is 26.8 Å². The highest BCUT2D eigenvalue weighted by molar-refractivity contribution is 5.26. The molecule has 0 unspecified atom stereocenters. The predicted octanol–water partition coefficient (Wildman–Crippen LogP) is 1.56. The average Bonchev–Trinajstić information content (AvgIpc) is 2.14. The number of benzene rings is 1. The van der Waals surface area contributed by atoms with Crippen LogP contribution in [0.15, 0.2) is 24.3 Å². The average molecular weight is 191 g/mol. The number of rotatable bonds is 4. The minimum absolute atomic E-state index is 0.647. The molecular formula is C12H17NO. The van der Waals surface area contributed by atoms with Gasteiger partial charge in [-0.15, -0.1) is 0 Å². The zero-order valence-electron chi connectivity index (χ0n) is 8.62. The molecule has 14 heavy (non-hydrogen) atoms. The third-order valence-electron chi connectivity index (χ3n) is 2.75. The van der Waals surface area contributed by atoms with Crippen LogP contribution in [0.25, 0.3) is 0 Å². The molecule has 1 aromatic carbocycles. The maximum Gasteiger partial charge on any atom is 0.0557 e. The molecule has 0 aromatic heterocycles. The Balaban J connectivity index is 1.95. The fourth-order valence-electron chi connectivity index (χ4n) is 1.65. The molecule has 1 heterocycles. The van der Waals surface area contributed by atoms with E-state index in [9.17, 15) is 0 Å². The van der Waals surface area contributed by atoms with Gasteiger partial charge in [-0.1, -0.05) is 24.3 Å². The molecule has 1 saturated heterocycles. The molecule has 1 N–H and O–H groups in total. The highest BCUT2D eigenvalue weighted by atomic mass is 16.5. The quantitative estimate of drug-likeness (QED) is 0.780. The van der Waals surface area contributed by atoms with Crippen molar-refractivity contribution in [3.63, 3.8) is 0 Å². The van der Waals surface area contributed by atoms with Gasteiger partial charge in [0, 0.05) is 5.92 Å². The smallest absolute Gasteiger partial charge is 0.0557 e. The highest BCUT2D eigenvalue weighted by Gasteiger charge is 2.19. The van der Waals surface area contributed by atoms with E-state index in [0.717, 1.165) is 26.2 Å². The van der Waals surface area contributed by atoms with Gasteiger partial charge in [0.15, 0.2) is 0 Å². The minimum atomic E-state index is 0.647. The summed E-state index contributed by atoms with van der Waals surface area (Å²) in [5.74, 6) is 0.647. The van der Waals surface area contributed by atoms with E-state index in [2.05, 4.69) is 29.6 Å². The van der Waals surface area contributed by atoms with Crippen molar-refractivity contribution < 1.29 is 4.74 Å². The molecular weight excluding hydrogens is 174 g/mol. The Morgan fingerprint density at radius 1 is 1.29 bits per heavy atom. The van der Waals surface area contributed by atoms with Crippen LogP contribution in [0.4, 0.5) is 0 Å². The SMILES string of the molecule is CNCCc1ccc(C2COC2)cc1. The van der Waals surface area contributed by atoms with Gasteiger partial charge in [0.05, 0.1) is 13.2 Å². The first-order valence-electron chi connectivity index (χ1n) is 5.21. The van der Waals surface area contributed by atoms with Crippen molar-refractivity contribution in [2.24, 2.45) is 0 Å². The summed E-state index contributed by atoms with van der Waals surface area (Å²) in [6.45, 7) is 2.84. The molecule has 0 saturated carbocycles. The first-order chi connectivity index (χ1) is 6.90. The summed E-state index contributed by atoms with van der Waals surface area (Å²) in [6.07, 6.45) is 1.11. The molecule has 1 aromatic rings. The number of ether oxygens (including phenoxy) is 1. The van der Waals surface area contributed by atoms with Gasteiger partial charge in [0.1, 0.15) is 0 Å². The molecule has 2 nitrogen and oxygen atoms in total. The Bertz CT molecular complexity index is 277. The molecule has 1 aliphatic rings. The Labute approximate surface area is 85.3 Å². The van der Waals surface area contributed by atoms with Crippen molar-refractivity contribution >= 4 is 0 Å². The minimum Gasteiger partial charge on any atom is -0.380 e. The zero-order chi connectivity index (χ0) is 9.80. The molecule has 0 atom stereocenters. The normalized spacial score (nSPS) is 16.6. The molecule has 0 amide bonds. The molecule has 2 heteroatoms. The van der Waals surface area contributed by atoms with Crippen LogP contribution in [0.5, 0.6) is 0 Å². The van der Waals surface area contributed by atoms with Crippen molar-refractivity contribution in [3.05, 3.63) is 35.4 Å². The van der Waals surface area contributed by atoms with E-state index in [1.54, 1.807) is 0 Å². The number of likely N-dealkylation sites (N-methyl/N-ethyl adjacent to an activating group) is 1. The van der Waals surface area contributed by atoms with Gasteiger partial charge in [-0.3, -0.25) is 0 Å². The van der Waals surface area contributed by atoms with Crippen molar-refractivity contribution in [3.8, 4) is 0 Å². The molecule has 0 aliphatic carbocycles. The lowest BCUT2D eigenvalue weighted by Gasteiger charge is -2.26. The monoisotopic (exact) mass is 191 g/mol. The Kier molecular flexibility index (Phi) is 3.17. The van der Waals surface area contributed by atoms with Gasteiger partial charge < -0.3 is 10.1 Å². The lowest BCUT2D eigenvalue weighted by Crippen LogP contribution is -2.24. The van der Waals surface area contributed by atoms with Gasteiger partial charge in [0.25, 0.3) is 0 Å². The van der Waals surface area contributed by atoms with Crippen molar-refractivity contribution in [1.82, 2.24) is 5.32 Å². The summed E-state index contributed by atoms with van der Waals surface area (Å²) in [7, 11) is 1.99. The summed E-state index contributed by atoms with van der Waals surface area (Å²) < 4.78 is 5.17. The Morgan fingerprint density at radius 2 is 2.00 bits per heavy atom. The standard InChI is InChI=1S/C12H17NO/c1-13-7-6-10-2-4-11(5-3-10)12-8-14-9-12/h2-5,12-13H,6-9H2,1H3. The summed E-state index contributed by atoms with van der Waals surface area (Å²) in [6, 6.07) is 8.92. The first-order valence-corrected chi connectivity index (χ1v) is 5.21. The van der Waals surface area contributed by atoms with E-state index in [1.165, 1.54) is 11.1 Å². The largest absolute Gasteiger partial charge is 0.380 e. The highest BCUT2D eigenvalue weighted by Crippen LogP contribution is 2.23. The van der Waals surface area contributed by atoms with Crippen molar-refractivity contribution in [2.45, 2.75) is 12.3 Å². The fourth-order valence-corrected chi connectivity index (χ4v) is 1.65. The van der Waals surface area contributed by atoms with E-state index < -0.39 is 0 Å². The molecule has 0 spiro atoms. The second kappa shape index (κ2) is 4.58. The summed E-state index contributed by atoms with van der Waals surface area (Å²) in [5, 5.41) is 3.16. The topological polar surface area (TPSA) is 21.3 Å². The van der Waals surface area contributed by atoms with Gasteiger partial charge in [-0.25, -0.2) is 0 Å². The maximum atomic E-state index is 5.17. The lowest BCUT2D eigenvalue weighted by molar-refractivity contribution is 0.00842. The summed E-state index contributed by atoms with van der Waals surface area (Å²) >= 11 is 0. The van der Waals surface area contributed by atoms with Gasteiger partial charge in [-0.05, 0) is 31.1 Å². The number of hydrogen-bond donors (Lipinski definition) is 1. The van der Waals surface area contributed by atoms with Gasteiger partial charge >= 0.3 is 0 Å². The lowest BCUT2D eigenvalue weighted by atomic mass is 9.96. The molecule has 1 fully saturated rings. The van der Waals surface area contributed by atoms with Gasteiger partial charge in [-0.2, -0.15) is 0 Å². The number of nitrogens with one attached hydrogen (secondary N) is 1. The second-order valence-electron chi connectivity index (χ2n) is 3.83. The molecule has 0 bridgehead atoms. The summed E-state index contributed by atoms with van der Waals surface area (Å²) in [5.41, 5.74) is 2.83. The van der Waals surface area contributed by atoms with E-state index >= 15 is 0 Å². The van der Waals surface area contributed by atoms with Crippen LogP contribution in [0.1, 0.15) is 17.0 Å². The van der Waals surface area contributed by atoms with Crippen LogP contribution in [-0.2, 0) is 11.2 Å². The van der Waals surface area contributed by atoms with Crippen molar-refractivity contribution in [2.75, 3.05) is 26.8 Å². The predicted molar refractivity (Wildman–Crippen MR) is 57.6 cm³/mol. The van der Waals surface area contributed by atoms with Crippen LogP contribution < -0.4 is 5.32 Å². The second-order valence-corrected chi connectivity index (χ2v) is 3.83. The molecule has 76 valence electrons. The summed E-state index contributed by atoms with van der Waals surface area (Å²) in [4.78, 5) is 0. The van der Waals surface area contributed by atoms with Crippen molar-refractivity contribution in [1.29, 1.82) is 0 Å². The van der Waals surface area contributed by atoms with Crippen LogP contribution in [0.3, 0.4) is 0 Å². The molecule has 1 aliphatic heterocycles. The molecule has 2 rings (SSSR count). The van der Waals surface area contributed by atoms with E-state index in [1.807, 2.05) is 7.05 Å². The van der Waals surface area contributed by atoms with Crippen LogP contribution in [0.2, 0.25) is 0 Å². The fraction of sp³-hybridized carbons (Fsp3) is 0.500. The number of hydrogen-bond acceptors (Lipinski definition) is 2. The Morgan fingerprint density at radius 3 is 2.50 bits per heavy atom. The molecule has 0 radical (unpaired) electrons. The van der Waals surface area contributed by atoms with E-state index in [4.69, 9.17) is 4.74 Å². The first kappa shape index (κ1) is 9.69. The Hall–Kier alpha value is -0.860. The van der Waals surface area contributed by atoms with Crippen LogP contribution in [0, 0.1) is 0 Å². The van der Waals surface area contributed by atoms with E-state index in [0.29, 0.717) is 5.92 Å². The van der Waals surface area contributed by atoms with E-state index in [-0.39, 0.29) is 0 Å². The van der Waals surface area contributed by atoms with Gasteiger partial charge in [0.2, 0.25) is 0 Å².